The van der Waals surface area contributed by atoms with Crippen LogP contribution in [0.15, 0.2) is 46.0 Å². The summed E-state index contributed by atoms with van der Waals surface area (Å²) >= 11 is 3.06. The molecule has 0 saturated carbocycles. The number of hydrogen-bond acceptors (Lipinski definition) is 7. The number of carbonyl (C=O) groups is 1. The Kier molecular flexibility index (Phi) is 4.74. The Hall–Kier alpha value is -2.82. The van der Waals surface area contributed by atoms with Gasteiger partial charge in [-0.05, 0) is 17.5 Å². The third-order valence-corrected chi connectivity index (χ3v) is 6.64. The Morgan fingerprint density at radius 3 is 2.79 bits per heavy atom. The summed E-state index contributed by atoms with van der Waals surface area (Å²) < 4.78 is 1.55. The van der Waals surface area contributed by atoms with Gasteiger partial charge in [0.25, 0.3) is 11.5 Å². The minimum Gasteiger partial charge on any atom is -0.335 e. The first-order valence-corrected chi connectivity index (χ1v) is 11.0. The molecule has 1 aliphatic rings. The molecule has 4 aromatic rings. The number of aromatic nitrogens is 4. The molecule has 1 saturated heterocycles. The highest BCUT2D eigenvalue weighted by Crippen LogP contribution is 2.23. The zero-order chi connectivity index (χ0) is 19.8. The summed E-state index contributed by atoms with van der Waals surface area (Å²) in [6.07, 6.45) is 1.74. The molecular weight excluding hydrogens is 408 g/mol. The average molecular weight is 427 g/mol. The first-order valence-electron chi connectivity index (χ1n) is 9.24. The van der Waals surface area contributed by atoms with Gasteiger partial charge in [-0.25, -0.2) is 4.98 Å². The third kappa shape index (κ3) is 3.61. The fourth-order valence-electron chi connectivity index (χ4n) is 3.46. The maximum absolute atomic E-state index is 12.8. The van der Waals surface area contributed by atoms with Crippen LogP contribution in [-0.4, -0.2) is 61.5 Å². The molecule has 0 atom stereocenters. The smallest absolute Gasteiger partial charge is 0.274 e. The van der Waals surface area contributed by atoms with Crippen LogP contribution in [0.2, 0.25) is 0 Å². The van der Waals surface area contributed by atoms with E-state index in [2.05, 4.69) is 20.1 Å². The summed E-state index contributed by atoms with van der Waals surface area (Å²) in [7, 11) is 0. The molecule has 1 amide bonds. The van der Waals surface area contributed by atoms with Gasteiger partial charge in [0.2, 0.25) is 0 Å². The maximum atomic E-state index is 12.8. The number of aromatic amines is 1. The highest BCUT2D eigenvalue weighted by atomic mass is 32.1. The Morgan fingerprint density at radius 2 is 2.00 bits per heavy atom. The van der Waals surface area contributed by atoms with E-state index in [1.807, 2.05) is 33.9 Å². The van der Waals surface area contributed by atoms with Crippen molar-refractivity contribution in [3.8, 4) is 10.6 Å². The van der Waals surface area contributed by atoms with Crippen LogP contribution in [0, 0.1) is 0 Å². The molecule has 8 nitrogen and oxygen atoms in total. The number of nitrogens with one attached hydrogen (secondary N) is 1. The largest absolute Gasteiger partial charge is 0.335 e. The summed E-state index contributed by atoms with van der Waals surface area (Å²) in [5.74, 6) is -0.0555. The monoisotopic (exact) mass is 426 g/mol. The number of rotatable bonds is 4. The standard InChI is InChI=1S/C19H18N6O2S2/c26-17-10-13(20-19-25(17)7-9-29-19)12-23-3-5-24(6-4-23)18(27)15-11-14(21-22-15)16-2-1-8-28-16/h1-2,7-11H,3-6,12H2,(H,21,22). The van der Waals surface area contributed by atoms with Gasteiger partial charge in [0.05, 0.1) is 16.3 Å². The normalized spacial score (nSPS) is 15.2. The summed E-state index contributed by atoms with van der Waals surface area (Å²) in [5.41, 5.74) is 2.02. The molecule has 1 aliphatic heterocycles. The van der Waals surface area contributed by atoms with Crippen molar-refractivity contribution in [1.29, 1.82) is 0 Å². The van der Waals surface area contributed by atoms with Crippen LogP contribution in [0.25, 0.3) is 15.5 Å². The average Bonchev–Trinajstić information content (AvgIpc) is 3.48. The molecule has 0 aromatic carbocycles. The number of piperazine rings is 1. The van der Waals surface area contributed by atoms with Crippen LogP contribution in [-0.2, 0) is 6.54 Å². The van der Waals surface area contributed by atoms with Gasteiger partial charge in [0.15, 0.2) is 10.7 Å². The van der Waals surface area contributed by atoms with E-state index in [0.29, 0.717) is 30.3 Å². The van der Waals surface area contributed by atoms with Crippen molar-refractivity contribution in [1.82, 2.24) is 29.4 Å². The van der Waals surface area contributed by atoms with Crippen molar-refractivity contribution in [2.24, 2.45) is 0 Å². The highest BCUT2D eigenvalue weighted by Gasteiger charge is 2.24. The van der Waals surface area contributed by atoms with E-state index < -0.39 is 0 Å². The van der Waals surface area contributed by atoms with Gasteiger partial charge in [-0.3, -0.25) is 24.0 Å². The fourth-order valence-corrected chi connectivity index (χ4v) is 4.89. The number of nitrogens with zero attached hydrogens (tertiary/aromatic N) is 5. The summed E-state index contributed by atoms with van der Waals surface area (Å²) in [6.45, 7) is 3.33. The highest BCUT2D eigenvalue weighted by molar-refractivity contribution is 7.15. The molecule has 1 fully saturated rings. The van der Waals surface area contributed by atoms with Crippen molar-refractivity contribution in [3.63, 3.8) is 0 Å². The number of H-pyrrole nitrogens is 1. The van der Waals surface area contributed by atoms with E-state index in [1.165, 1.54) is 11.3 Å². The van der Waals surface area contributed by atoms with E-state index in [9.17, 15) is 9.59 Å². The van der Waals surface area contributed by atoms with Gasteiger partial charge in [-0.2, -0.15) is 5.10 Å². The van der Waals surface area contributed by atoms with Crippen LogP contribution >= 0.6 is 22.7 Å². The minimum absolute atomic E-state index is 0.0554. The number of carbonyl (C=O) groups excluding carboxylic acids is 1. The lowest BCUT2D eigenvalue weighted by molar-refractivity contribution is 0.0621. The minimum atomic E-state index is -0.0555. The van der Waals surface area contributed by atoms with Crippen molar-refractivity contribution in [2.75, 3.05) is 26.2 Å². The van der Waals surface area contributed by atoms with Gasteiger partial charge in [-0.15, -0.1) is 22.7 Å². The molecule has 0 bridgehead atoms. The van der Waals surface area contributed by atoms with Crippen LogP contribution < -0.4 is 5.56 Å². The lowest BCUT2D eigenvalue weighted by atomic mass is 10.2. The molecule has 0 spiro atoms. The lowest BCUT2D eigenvalue weighted by Gasteiger charge is -2.34. The molecule has 1 N–H and O–H groups in total. The molecule has 5 rings (SSSR count). The SMILES string of the molecule is O=C(c1cc(-c2cccs2)[nH]n1)N1CCN(Cc2cc(=O)n3ccsc3n2)CC1. The molecule has 10 heteroatoms. The van der Waals surface area contributed by atoms with E-state index in [-0.39, 0.29) is 11.5 Å². The first kappa shape index (κ1) is 18.2. The van der Waals surface area contributed by atoms with E-state index in [0.717, 1.165) is 29.4 Å². The van der Waals surface area contributed by atoms with Crippen molar-refractivity contribution < 1.29 is 4.79 Å². The topological polar surface area (TPSA) is 86.6 Å². The Labute approximate surface area is 174 Å². The molecule has 0 aliphatic carbocycles. The summed E-state index contributed by atoms with van der Waals surface area (Å²) in [4.78, 5) is 35.3. The molecule has 148 valence electrons. The van der Waals surface area contributed by atoms with Crippen LogP contribution in [0.3, 0.4) is 0 Å². The number of thiazole rings is 1. The predicted molar refractivity (Wildman–Crippen MR) is 112 cm³/mol. The van der Waals surface area contributed by atoms with Gasteiger partial charge >= 0.3 is 0 Å². The zero-order valence-electron chi connectivity index (χ0n) is 15.4. The van der Waals surface area contributed by atoms with E-state index in [4.69, 9.17) is 0 Å². The van der Waals surface area contributed by atoms with Crippen LogP contribution in [0.1, 0.15) is 16.2 Å². The molecule has 5 heterocycles. The van der Waals surface area contributed by atoms with E-state index >= 15 is 0 Å². The quantitative estimate of drug-likeness (QED) is 0.540. The molecule has 29 heavy (non-hydrogen) atoms. The number of fused-ring (bicyclic) bond motifs is 1. The van der Waals surface area contributed by atoms with Gasteiger partial charge < -0.3 is 4.90 Å². The Morgan fingerprint density at radius 1 is 1.14 bits per heavy atom. The van der Waals surface area contributed by atoms with Crippen LogP contribution in [0.4, 0.5) is 0 Å². The van der Waals surface area contributed by atoms with Gasteiger partial charge in [0, 0.05) is 50.4 Å². The lowest BCUT2D eigenvalue weighted by Crippen LogP contribution is -2.48. The van der Waals surface area contributed by atoms with Crippen molar-refractivity contribution in [3.05, 3.63) is 63.0 Å². The molecule has 0 radical (unpaired) electrons. The maximum Gasteiger partial charge on any atom is 0.274 e. The Balaban J connectivity index is 1.22. The van der Waals surface area contributed by atoms with Crippen molar-refractivity contribution in [2.45, 2.75) is 6.54 Å². The summed E-state index contributed by atoms with van der Waals surface area (Å²) in [6, 6.07) is 7.38. The molecule has 0 unspecified atom stereocenters. The fraction of sp³-hybridized carbons (Fsp3) is 0.263. The third-order valence-electron chi connectivity index (χ3n) is 4.98. The first-order chi connectivity index (χ1) is 14.2. The Bertz CT molecular complexity index is 1200. The second-order valence-electron chi connectivity index (χ2n) is 6.85. The number of amides is 1. The second kappa shape index (κ2) is 7.54. The van der Waals surface area contributed by atoms with E-state index in [1.54, 1.807) is 28.0 Å². The number of thiophene rings is 1. The van der Waals surface area contributed by atoms with Gasteiger partial charge in [-0.1, -0.05) is 6.07 Å². The zero-order valence-corrected chi connectivity index (χ0v) is 17.1. The molecular formula is C19H18N6O2S2. The van der Waals surface area contributed by atoms with Crippen LogP contribution in [0.5, 0.6) is 0 Å². The summed E-state index contributed by atoms with van der Waals surface area (Å²) in [5, 5.41) is 11.0. The molecule has 4 aromatic heterocycles. The predicted octanol–water partition coefficient (Wildman–Crippen LogP) is 2.17. The number of hydrogen-bond donors (Lipinski definition) is 1. The van der Waals surface area contributed by atoms with Gasteiger partial charge in [0.1, 0.15) is 0 Å². The van der Waals surface area contributed by atoms with Crippen molar-refractivity contribution >= 4 is 33.5 Å². The second-order valence-corrected chi connectivity index (χ2v) is 8.67.